The fourth-order valence-corrected chi connectivity index (χ4v) is 1.71. The van der Waals surface area contributed by atoms with E-state index in [9.17, 15) is 4.79 Å². The van der Waals surface area contributed by atoms with E-state index in [0.29, 0.717) is 19.0 Å². The van der Waals surface area contributed by atoms with Crippen LogP contribution in [-0.4, -0.2) is 48.1 Å². The molecule has 0 aliphatic carbocycles. The molecule has 5 nitrogen and oxygen atoms in total. The minimum atomic E-state index is -0.189. The SMILES string of the molecule is COCCCN(C)C(=O)c1nc(C(C)C)ncc1Cl. The van der Waals surface area contributed by atoms with Gasteiger partial charge in [0.25, 0.3) is 5.91 Å². The van der Waals surface area contributed by atoms with E-state index in [1.54, 1.807) is 19.1 Å². The molecule has 0 bridgehead atoms. The lowest BCUT2D eigenvalue weighted by Gasteiger charge is -2.17. The number of amides is 1. The lowest BCUT2D eigenvalue weighted by atomic mass is 10.2. The van der Waals surface area contributed by atoms with Gasteiger partial charge in [-0.1, -0.05) is 25.4 Å². The number of carbonyl (C=O) groups excluding carboxylic acids is 1. The van der Waals surface area contributed by atoms with Gasteiger partial charge in [0, 0.05) is 33.2 Å². The summed E-state index contributed by atoms with van der Waals surface area (Å²) in [4.78, 5) is 22.2. The average Bonchev–Trinajstić information content (AvgIpc) is 2.38. The zero-order chi connectivity index (χ0) is 14.4. The second-order valence-corrected chi connectivity index (χ2v) is 5.06. The van der Waals surface area contributed by atoms with Crippen LogP contribution in [0.2, 0.25) is 5.02 Å². The number of ether oxygens (including phenoxy) is 1. The second kappa shape index (κ2) is 7.40. The predicted octanol–water partition coefficient (Wildman–Crippen LogP) is 2.36. The largest absolute Gasteiger partial charge is 0.385 e. The van der Waals surface area contributed by atoms with Crippen molar-refractivity contribution in [2.24, 2.45) is 0 Å². The van der Waals surface area contributed by atoms with E-state index in [0.717, 1.165) is 6.42 Å². The maximum Gasteiger partial charge on any atom is 0.273 e. The lowest BCUT2D eigenvalue weighted by molar-refractivity contribution is 0.0773. The predicted molar refractivity (Wildman–Crippen MR) is 74.6 cm³/mol. The molecule has 1 amide bonds. The van der Waals surface area contributed by atoms with Crippen LogP contribution >= 0.6 is 11.6 Å². The third-order valence-corrected chi connectivity index (χ3v) is 2.95. The molecule has 1 aromatic rings. The fourth-order valence-electron chi connectivity index (χ4n) is 1.54. The highest BCUT2D eigenvalue weighted by atomic mass is 35.5. The highest BCUT2D eigenvalue weighted by Gasteiger charge is 2.18. The van der Waals surface area contributed by atoms with Crippen molar-refractivity contribution in [1.82, 2.24) is 14.9 Å². The van der Waals surface area contributed by atoms with Crippen molar-refractivity contribution in [3.63, 3.8) is 0 Å². The summed E-state index contributed by atoms with van der Waals surface area (Å²) in [5, 5.41) is 0.285. The molecule has 0 radical (unpaired) electrons. The Balaban J connectivity index is 2.83. The number of nitrogens with zero attached hydrogens (tertiary/aromatic N) is 3. The van der Waals surface area contributed by atoms with Gasteiger partial charge in [0.2, 0.25) is 0 Å². The highest BCUT2D eigenvalue weighted by Crippen LogP contribution is 2.17. The third kappa shape index (κ3) is 4.44. The van der Waals surface area contributed by atoms with Crippen LogP contribution in [0.4, 0.5) is 0 Å². The number of methoxy groups -OCH3 is 1. The maximum atomic E-state index is 12.2. The molecule has 0 saturated carbocycles. The van der Waals surface area contributed by atoms with Crippen molar-refractivity contribution in [1.29, 1.82) is 0 Å². The van der Waals surface area contributed by atoms with Gasteiger partial charge >= 0.3 is 0 Å². The standard InChI is InChI=1S/C13H20ClN3O2/c1-9(2)12-15-8-10(14)11(16-12)13(18)17(3)6-5-7-19-4/h8-9H,5-7H2,1-4H3. The molecule has 106 valence electrons. The average molecular weight is 286 g/mol. The summed E-state index contributed by atoms with van der Waals surface area (Å²) in [5.41, 5.74) is 0.264. The van der Waals surface area contributed by atoms with Crippen LogP contribution < -0.4 is 0 Å². The Morgan fingerprint density at radius 2 is 2.21 bits per heavy atom. The molecule has 0 unspecified atom stereocenters. The van der Waals surface area contributed by atoms with E-state index in [-0.39, 0.29) is 22.5 Å². The Bertz CT molecular complexity index is 438. The number of aromatic nitrogens is 2. The molecule has 0 aromatic carbocycles. The zero-order valence-corrected chi connectivity index (χ0v) is 12.6. The van der Waals surface area contributed by atoms with Crippen LogP contribution in [0.3, 0.4) is 0 Å². The van der Waals surface area contributed by atoms with Gasteiger partial charge in [0.1, 0.15) is 5.82 Å². The van der Waals surface area contributed by atoms with Gasteiger partial charge in [-0.2, -0.15) is 0 Å². The van der Waals surface area contributed by atoms with Crippen molar-refractivity contribution in [2.45, 2.75) is 26.2 Å². The molecule has 1 rings (SSSR count). The summed E-state index contributed by atoms with van der Waals surface area (Å²) in [6.07, 6.45) is 2.26. The Labute approximate surface area is 118 Å². The van der Waals surface area contributed by atoms with Crippen LogP contribution in [0.15, 0.2) is 6.20 Å². The van der Waals surface area contributed by atoms with Crippen LogP contribution in [0.5, 0.6) is 0 Å². The summed E-state index contributed by atoms with van der Waals surface area (Å²) in [5.74, 6) is 0.589. The molecule has 0 fully saturated rings. The minimum Gasteiger partial charge on any atom is -0.385 e. The second-order valence-electron chi connectivity index (χ2n) is 4.65. The monoisotopic (exact) mass is 285 g/mol. The molecular weight excluding hydrogens is 266 g/mol. The van der Waals surface area contributed by atoms with Gasteiger partial charge in [-0.3, -0.25) is 4.79 Å². The molecule has 1 heterocycles. The first-order chi connectivity index (χ1) is 8.97. The molecule has 19 heavy (non-hydrogen) atoms. The summed E-state index contributed by atoms with van der Waals surface area (Å²) >= 11 is 6.00. The summed E-state index contributed by atoms with van der Waals surface area (Å²) in [7, 11) is 3.36. The molecule has 0 N–H and O–H groups in total. The van der Waals surface area contributed by atoms with E-state index in [1.165, 1.54) is 6.20 Å². The van der Waals surface area contributed by atoms with E-state index in [2.05, 4.69) is 9.97 Å². The van der Waals surface area contributed by atoms with Crippen LogP contribution in [0, 0.1) is 0 Å². The quantitative estimate of drug-likeness (QED) is 0.753. The lowest BCUT2D eigenvalue weighted by Crippen LogP contribution is -2.29. The third-order valence-electron chi connectivity index (χ3n) is 2.67. The van der Waals surface area contributed by atoms with Gasteiger partial charge in [0.15, 0.2) is 5.69 Å². The van der Waals surface area contributed by atoms with E-state index in [4.69, 9.17) is 16.3 Å². The summed E-state index contributed by atoms with van der Waals surface area (Å²) in [6, 6.07) is 0. The molecule has 0 atom stereocenters. The summed E-state index contributed by atoms with van der Waals surface area (Å²) in [6.45, 7) is 5.16. The maximum absolute atomic E-state index is 12.2. The molecule has 6 heteroatoms. The summed E-state index contributed by atoms with van der Waals surface area (Å²) < 4.78 is 4.96. The minimum absolute atomic E-state index is 0.155. The fraction of sp³-hybridized carbons (Fsp3) is 0.615. The Hall–Kier alpha value is -1.20. The van der Waals surface area contributed by atoms with Crippen LogP contribution in [0.25, 0.3) is 0 Å². The van der Waals surface area contributed by atoms with Gasteiger partial charge in [-0.15, -0.1) is 0 Å². The van der Waals surface area contributed by atoms with Gasteiger partial charge < -0.3 is 9.64 Å². The van der Waals surface area contributed by atoms with E-state index < -0.39 is 0 Å². The van der Waals surface area contributed by atoms with Crippen molar-refractivity contribution < 1.29 is 9.53 Å². The van der Waals surface area contributed by atoms with Crippen molar-refractivity contribution >= 4 is 17.5 Å². The molecule has 0 aliphatic heterocycles. The normalized spacial score (nSPS) is 10.8. The van der Waals surface area contributed by atoms with Crippen LogP contribution in [-0.2, 0) is 4.74 Å². The molecule has 0 aliphatic rings. The highest BCUT2D eigenvalue weighted by molar-refractivity contribution is 6.33. The van der Waals surface area contributed by atoms with Crippen LogP contribution in [0.1, 0.15) is 42.5 Å². The number of halogens is 1. The van der Waals surface area contributed by atoms with Gasteiger partial charge in [-0.25, -0.2) is 9.97 Å². The smallest absolute Gasteiger partial charge is 0.273 e. The number of hydrogen-bond acceptors (Lipinski definition) is 4. The molecule has 1 aromatic heterocycles. The van der Waals surface area contributed by atoms with Crippen molar-refractivity contribution in [3.8, 4) is 0 Å². The topological polar surface area (TPSA) is 55.3 Å². The first-order valence-electron chi connectivity index (χ1n) is 6.24. The van der Waals surface area contributed by atoms with E-state index in [1.807, 2.05) is 13.8 Å². The number of hydrogen-bond donors (Lipinski definition) is 0. The van der Waals surface area contributed by atoms with Crippen molar-refractivity contribution in [3.05, 3.63) is 22.7 Å². The molecular formula is C13H20ClN3O2. The first kappa shape index (κ1) is 15.9. The Morgan fingerprint density at radius 1 is 1.53 bits per heavy atom. The Morgan fingerprint density at radius 3 is 2.79 bits per heavy atom. The first-order valence-corrected chi connectivity index (χ1v) is 6.62. The Kier molecular flexibility index (Phi) is 6.18. The number of rotatable bonds is 6. The molecule has 0 spiro atoms. The van der Waals surface area contributed by atoms with Gasteiger partial charge in [-0.05, 0) is 6.42 Å². The molecule has 0 saturated heterocycles. The van der Waals surface area contributed by atoms with Crippen molar-refractivity contribution in [2.75, 3.05) is 27.3 Å². The number of carbonyl (C=O) groups is 1. The van der Waals surface area contributed by atoms with Gasteiger partial charge in [0.05, 0.1) is 11.2 Å². The van der Waals surface area contributed by atoms with E-state index >= 15 is 0 Å². The zero-order valence-electron chi connectivity index (χ0n) is 11.8.